The van der Waals surface area contributed by atoms with Crippen molar-refractivity contribution < 1.29 is 14.3 Å². The lowest BCUT2D eigenvalue weighted by Gasteiger charge is -2.34. The van der Waals surface area contributed by atoms with Gasteiger partial charge in [0, 0.05) is 38.1 Å². The molecule has 0 saturated carbocycles. The number of nitrogens with one attached hydrogen (secondary N) is 1. The average Bonchev–Trinajstić information content (AvgIpc) is 3.16. The number of nitrogens with zero attached hydrogens (tertiary/aromatic N) is 3. The smallest absolute Gasteiger partial charge is 0.310 e. The van der Waals surface area contributed by atoms with Crippen LogP contribution in [0.3, 0.4) is 0 Å². The first-order chi connectivity index (χ1) is 13.1. The maximum atomic E-state index is 12.6. The Bertz CT molecular complexity index is 703. The monoisotopic (exact) mass is 392 g/mol. The molecule has 148 valence electrons. The van der Waals surface area contributed by atoms with E-state index < -0.39 is 0 Å². The summed E-state index contributed by atoms with van der Waals surface area (Å²) in [5.74, 6) is 0.471. The van der Waals surface area contributed by atoms with Crippen molar-refractivity contribution in [2.45, 2.75) is 32.7 Å². The molecule has 2 aliphatic rings. The van der Waals surface area contributed by atoms with Crippen LogP contribution in [0.15, 0.2) is 16.4 Å². The first-order valence-corrected chi connectivity index (χ1v) is 10.5. The van der Waals surface area contributed by atoms with Crippen LogP contribution < -0.4 is 5.32 Å². The summed E-state index contributed by atoms with van der Waals surface area (Å²) < 4.78 is 5.16. The summed E-state index contributed by atoms with van der Waals surface area (Å²) in [6.45, 7) is 5.30. The fraction of sp³-hybridized carbons (Fsp3) is 0.632. The van der Waals surface area contributed by atoms with Crippen LogP contribution in [0.2, 0.25) is 0 Å². The van der Waals surface area contributed by atoms with Gasteiger partial charge < -0.3 is 19.9 Å². The van der Waals surface area contributed by atoms with Crippen molar-refractivity contribution in [3.8, 4) is 0 Å². The van der Waals surface area contributed by atoms with Crippen LogP contribution >= 0.6 is 11.3 Å². The van der Waals surface area contributed by atoms with Crippen molar-refractivity contribution >= 4 is 29.2 Å². The van der Waals surface area contributed by atoms with Gasteiger partial charge >= 0.3 is 5.97 Å². The first kappa shape index (κ1) is 19.7. The number of guanidine groups is 1. The van der Waals surface area contributed by atoms with E-state index in [1.165, 1.54) is 10.4 Å². The summed E-state index contributed by atoms with van der Waals surface area (Å²) in [5, 5.41) is 5.27. The van der Waals surface area contributed by atoms with E-state index in [1.54, 1.807) is 18.4 Å². The zero-order valence-corrected chi connectivity index (χ0v) is 16.9. The number of fused-ring (bicyclic) bond motifs is 1. The first-order valence-electron chi connectivity index (χ1n) is 9.57. The average molecular weight is 393 g/mol. The molecule has 1 aromatic rings. The number of amides is 1. The van der Waals surface area contributed by atoms with Gasteiger partial charge in [-0.25, -0.2) is 0 Å². The van der Waals surface area contributed by atoms with E-state index in [-0.39, 0.29) is 24.3 Å². The molecule has 0 radical (unpaired) electrons. The van der Waals surface area contributed by atoms with Gasteiger partial charge in [-0.1, -0.05) is 0 Å². The fourth-order valence-electron chi connectivity index (χ4n) is 3.68. The van der Waals surface area contributed by atoms with Crippen molar-refractivity contribution in [1.29, 1.82) is 0 Å². The second-order valence-electron chi connectivity index (χ2n) is 6.87. The molecule has 1 unspecified atom stereocenters. The van der Waals surface area contributed by atoms with Gasteiger partial charge in [0.1, 0.15) is 0 Å². The van der Waals surface area contributed by atoms with E-state index in [9.17, 15) is 9.59 Å². The highest BCUT2D eigenvalue weighted by Crippen LogP contribution is 2.24. The second-order valence-corrected chi connectivity index (χ2v) is 7.87. The lowest BCUT2D eigenvalue weighted by Crippen LogP contribution is -2.51. The van der Waals surface area contributed by atoms with Gasteiger partial charge in [-0.05, 0) is 43.2 Å². The third kappa shape index (κ3) is 4.80. The molecule has 0 spiro atoms. The molecular formula is C19H28N4O3S. The van der Waals surface area contributed by atoms with Crippen LogP contribution in [0, 0.1) is 5.92 Å². The van der Waals surface area contributed by atoms with Crippen molar-refractivity contribution in [1.82, 2.24) is 15.1 Å². The summed E-state index contributed by atoms with van der Waals surface area (Å²) in [7, 11) is 1.71. The predicted octanol–water partition coefficient (Wildman–Crippen LogP) is 1.48. The molecule has 1 aromatic heterocycles. The zero-order chi connectivity index (χ0) is 19.2. The molecule has 0 bridgehead atoms. The number of esters is 1. The Balaban J connectivity index is 1.51. The van der Waals surface area contributed by atoms with Crippen LogP contribution in [-0.4, -0.2) is 67.5 Å². The second kappa shape index (κ2) is 9.21. The molecule has 3 rings (SSSR count). The maximum Gasteiger partial charge on any atom is 0.310 e. The molecule has 0 aromatic carbocycles. The van der Waals surface area contributed by atoms with E-state index in [0.29, 0.717) is 25.7 Å². The highest BCUT2D eigenvalue weighted by Gasteiger charge is 2.29. The van der Waals surface area contributed by atoms with E-state index in [1.807, 2.05) is 16.7 Å². The van der Waals surface area contributed by atoms with Crippen LogP contribution in [-0.2, 0) is 27.3 Å². The van der Waals surface area contributed by atoms with Gasteiger partial charge in [0.15, 0.2) is 5.96 Å². The predicted molar refractivity (Wildman–Crippen MR) is 106 cm³/mol. The van der Waals surface area contributed by atoms with Gasteiger partial charge in [0.2, 0.25) is 5.91 Å². The van der Waals surface area contributed by atoms with Gasteiger partial charge in [-0.2, -0.15) is 0 Å². The SMILES string of the molecule is CCOC(=O)C1CCCN(C(=NC)NCC(=O)N2CCc3sccc3C2)C1. The van der Waals surface area contributed by atoms with Gasteiger partial charge in [-0.3, -0.25) is 14.6 Å². The molecule has 27 heavy (non-hydrogen) atoms. The van der Waals surface area contributed by atoms with Crippen molar-refractivity contribution in [2.75, 3.05) is 39.8 Å². The third-order valence-electron chi connectivity index (χ3n) is 5.11. The highest BCUT2D eigenvalue weighted by molar-refractivity contribution is 7.10. The number of hydrogen-bond donors (Lipinski definition) is 1. The highest BCUT2D eigenvalue weighted by atomic mass is 32.1. The van der Waals surface area contributed by atoms with E-state index in [0.717, 1.165) is 32.4 Å². The number of rotatable bonds is 4. The minimum Gasteiger partial charge on any atom is -0.466 e. The molecule has 1 atom stereocenters. The Morgan fingerprint density at radius 3 is 3.00 bits per heavy atom. The van der Waals surface area contributed by atoms with Gasteiger partial charge in [-0.15, -0.1) is 11.3 Å². The molecule has 1 amide bonds. The van der Waals surface area contributed by atoms with Crippen molar-refractivity contribution in [3.05, 3.63) is 21.9 Å². The Labute approximate surface area is 164 Å². The standard InChI is InChI=1S/C19H28N4O3S/c1-3-26-18(25)15-5-4-8-23(13-15)19(20-2)21-11-17(24)22-9-6-16-14(12-22)7-10-27-16/h7,10,15H,3-6,8-9,11-13H2,1-2H3,(H,20,21). The maximum absolute atomic E-state index is 12.6. The lowest BCUT2D eigenvalue weighted by atomic mass is 9.98. The molecular weight excluding hydrogens is 364 g/mol. The minimum atomic E-state index is -0.145. The number of piperidine rings is 1. The number of thiophene rings is 1. The lowest BCUT2D eigenvalue weighted by molar-refractivity contribution is -0.149. The molecule has 0 aliphatic carbocycles. The largest absolute Gasteiger partial charge is 0.466 e. The topological polar surface area (TPSA) is 74.2 Å². The van der Waals surface area contributed by atoms with Crippen molar-refractivity contribution in [2.24, 2.45) is 10.9 Å². The molecule has 3 heterocycles. The molecule has 8 heteroatoms. The number of hydrogen-bond acceptors (Lipinski definition) is 5. The Kier molecular flexibility index (Phi) is 6.71. The quantitative estimate of drug-likeness (QED) is 0.477. The number of likely N-dealkylation sites (tertiary alicyclic amines) is 1. The summed E-state index contributed by atoms with van der Waals surface area (Å²) in [6.07, 6.45) is 2.67. The van der Waals surface area contributed by atoms with E-state index in [4.69, 9.17) is 4.74 Å². The summed E-state index contributed by atoms with van der Waals surface area (Å²) in [5.41, 5.74) is 1.26. The zero-order valence-electron chi connectivity index (χ0n) is 16.1. The Morgan fingerprint density at radius 1 is 1.37 bits per heavy atom. The number of carbonyl (C=O) groups excluding carboxylic acids is 2. The molecule has 1 saturated heterocycles. The third-order valence-corrected chi connectivity index (χ3v) is 6.13. The van der Waals surface area contributed by atoms with Crippen LogP contribution in [0.4, 0.5) is 0 Å². The van der Waals surface area contributed by atoms with Crippen LogP contribution in [0.5, 0.6) is 0 Å². The fourth-order valence-corrected chi connectivity index (χ4v) is 4.57. The van der Waals surface area contributed by atoms with Gasteiger partial charge in [0.25, 0.3) is 0 Å². The van der Waals surface area contributed by atoms with Gasteiger partial charge in [0.05, 0.1) is 19.1 Å². The van der Waals surface area contributed by atoms with E-state index in [2.05, 4.69) is 21.8 Å². The minimum absolute atomic E-state index is 0.0759. The molecule has 1 N–H and O–H groups in total. The van der Waals surface area contributed by atoms with Crippen molar-refractivity contribution in [3.63, 3.8) is 0 Å². The Hall–Kier alpha value is -2.09. The van der Waals surface area contributed by atoms with Crippen LogP contribution in [0.25, 0.3) is 0 Å². The van der Waals surface area contributed by atoms with E-state index >= 15 is 0 Å². The normalized spacial score (nSPS) is 20.2. The number of carbonyl (C=O) groups is 2. The number of aliphatic imine (C=N–C) groups is 1. The Morgan fingerprint density at radius 2 is 2.22 bits per heavy atom. The molecule has 1 fully saturated rings. The summed E-state index contributed by atoms with van der Waals surface area (Å²) in [6, 6.07) is 2.11. The summed E-state index contributed by atoms with van der Waals surface area (Å²) >= 11 is 1.77. The number of ether oxygens (including phenoxy) is 1. The van der Waals surface area contributed by atoms with Crippen LogP contribution in [0.1, 0.15) is 30.2 Å². The molecule has 2 aliphatic heterocycles. The molecule has 7 nitrogen and oxygen atoms in total. The summed E-state index contributed by atoms with van der Waals surface area (Å²) in [4.78, 5) is 34.3.